The van der Waals surface area contributed by atoms with Crippen LogP contribution in [0.25, 0.3) is 11.1 Å². The Hall–Kier alpha value is -2.33. The molecule has 0 aliphatic carbocycles. The number of carbonyl (C=O) groups is 1. The number of nitrogens with zero attached hydrogens (tertiary/aromatic N) is 1. The minimum Gasteiger partial charge on any atom is -0.497 e. The lowest BCUT2D eigenvalue weighted by molar-refractivity contribution is -0.136. The smallest absolute Gasteiger partial charge is 0.227 e. The Balaban J connectivity index is 1.76. The third-order valence-electron chi connectivity index (χ3n) is 5.30. The van der Waals surface area contributed by atoms with E-state index in [1.165, 1.54) is 0 Å². The first-order chi connectivity index (χ1) is 12.6. The van der Waals surface area contributed by atoms with Crippen LogP contribution in [0.3, 0.4) is 0 Å². The van der Waals surface area contributed by atoms with E-state index in [0.29, 0.717) is 0 Å². The van der Waals surface area contributed by atoms with Crippen molar-refractivity contribution in [1.29, 1.82) is 0 Å². The fourth-order valence-corrected chi connectivity index (χ4v) is 3.66. The lowest BCUT2D eigenvalue weighted by atomic mass is 9.99. The third kappa shape index (κ3) is 3.91. The van der Waals surface area contributed by atoms with Crippen molar-refractivity contribution in [1.82, 2.24) is 10.2 Å². The number of nitrogens with one attached hydrogen (secondary N) is 1. The van der Waals surface area contributed by atoms with E-state index in [9.17, 15) is 4.79 Å². The molecular formula is C22H28N2O2. The van der Waals surface area contributed by atoms with Crippen molar-refractivity contribution in [2.24, 2.45) is 5.92 Å². The summed E-state index contributed by atoms with van der Waals surface area (Å²) in [5, 5.41) is 3.29. The van der Waals surface area contributed by atoms with Gasteiger partial charge in [-0.3, -0.25) is 4.79 Å². The van der Waals surface area contributed by atoms with Gasteiger partial charge < -0.3 is 15.0 Å². The Labute approximate surface area is 156 Å². The van der Waals surface area contributed by atoms with Crippen LogP contribution in [-0.4, -0.2) is 37.6 Å². The molecule has 1 aliphatic heterocycles. The normalized spacial score (nSPS) is 17.7. The highest BCUT2D eigenvalue weighted by Crippen LogP contribution is 2.28. The monoisotopic (exact) mass is 352 g/mol. The number of amides is 1. The Morgan fingerprint density at radius 2 is 2.00 bits per heavy atom. The molecule has 0 radical (unpaired) electrons. The molecule has 0 bridgehead atoms. The molecule has 4 nitrogen and oxygen atoms in total. The Kier molecular flexibility index (Phi) is 5.94. The fourth-order valence-electron chi connectivity index (χ4n) is 3.66. The number of hydrogen-bond donors (Lipinski definition) is 1. The molecule has 1 saturated heterocycles. The summed E-state index contributed by atoms with van der Waals surface area (Å²) in [7, 11) is 1.68. The van der Waals surface area contributed by atoms with Gasteiger partial charge in [0.1, 0.15) is 5.75 Å². The molecule has 1 heterocycles. The van der Waals surface area contributed by atoms with Gasteiger partial charge in [0.25, 0.3) is 0 Å². The van der Waals surface area contributed by atoms with Crippen molar-refractivity contribution in [3.05, 3.63) is 54.1 Å². The molecule has 2 unspecified atom stereocenters. The molecule has 1 N–H and O–H groups in total. The maximum atomic E-state index is 12.8. The highest BCUT2D eigenvalue weighted by Gasteiger charge is 2.29. The van der Waals surface area contributed by atoms with Gasteiger partial charge in [-0.1, -0.05) is 36.4 Å². The molecule has 1 amide bonds. The summed E-state index contributed by atoms with van der Waals surface area (Å²) in [6.07, 6.45) is 0.941. The molecule has 26 heavy (non-hydrogen) atoms. The van der Waals surface area contributed by atoms with Crippen molar-refractivity contribution in [2.75, 3.05) is 26.7 Å². The molecule has 4 heteroatoms. The van der Waals surface area contributed by atoms with Gasteiger partial charge >= 0.3 is 0 Å². The van der Waals surface area contributed by atoms with Crippen LogP contribution in [-0.2, 0) is 4.79 Å². The number of ether oxygens (including phenoxy) is 1. The SMILES string of the molecule is CCN(C(=O)C1CCNC1)C(C)c1ccc(-c2cccc(OC)c2)cc1. The van der Waals surface area contributed by atoms with Crippen LogP contribution in [0, 0.1) is 5.92 Å². The second-order valence-corrected chi connectivity index (χ2v) is 6.84. The lowest BCUT2D eigenvalue weighted by Gasteiger charge is -2.30. The van der Waals surface area contributed by atoms with Gasteiger partial charge in [-0.25, -0.2) is 0 Å². The summed E-state index contributed by atoms with van der Waals surface area (Å²) in [6, 6.07) is 16.6. The van der Waals surface area contributed by atoms with Crippen molar-refractivity contribution >= 4 is 5.91 Å². The fraction of sp³-hybridized carbons (Fsp3) is 0.409. The molecule has 2 aromatic carbocycles. The minimum atomic E-state index is 0.0764. The summed E-state index contributed by atoms with van der Waals surface area (Å²) in [6.45, 7) is 6.65. The Morgan fingerprint density at radius 1 is 1.23 bits per heavy atom. The second kappa shape index (κ2) is 8.37. The summed E-state index contributed by atoms with van der Waals surface area (Å²) in [5.41, 5.74) is 3.44. The van der Waals surface area contributed by atoms with Crippen molar-refractivity contribution < 1.29 is 9.53 Å². The summed E-state index contributed by atoms with van der Waals surface area (Å²) in [4.78, 5) is 14.8. The van der Waals surface area contributed by atoms with Crippen molar-refractivity contribution in [2.45, 2.75) is 26.3 Å². The van der Waals surface area contributed by atoms with Gasteiger partial charge in [-0.05, 0) is 55.6 Å². The van der Waals surface area contributed by atoms with E-state index >= 15 is 0 Å². The average molecular weight is 352 g/mol. The topological polar surface area (TPSA) is 41.6 Å². The maximum Gasteiger partial charge on any atom is 0.227 e. The van der Waals surface area contributed by atoms with Crippen molar-refractivity contribution in [3.8, 4) is 16.9 Å². The minimum absolute atomic E-state index is 0.0764. The van der Waals surface area contributed by atoms with E-state index in [1.54, 1.807) is 7.11 Å². The second-order valence-electron chi connectivity index (χ2n) is 6.84. The summed E-state index contributed by atoms with van der Waals surface area (Å²) < 4.78 is 5.31. The average Bonchev–Trinajstić information content (AvgIpc) is 3.23. The molecule has 2 aromatic rings. The number of benzene rings is 2. The van der Waals surface area contributed by atoms with Gasteiger partial charge in [-0.2, -0.15) is 0 Å². The molecule has 0 saturated carbocycles. The molecule has 2 atom stereocenters. The number of rotatable bonds is 6. The summed E-state index contributed by atoms with van der Waals surface area (Å²) >= 11 is 0. The Morgan fingerprint density at radius 3 is 2.62 bits per heavy atom. The molecule has 138 valence electrons. The third-order valence-corrected chi connectivity index (χ3v) is 5.30. The van der Waals surface area contributed by atoms with Gasteiger partial charge in [-0.15, -0.1) is 0 Å². The number of hydrogen-bond acceptors (Lipinski definition) is 3. The highest BCUT2D eigenvalue weighted by atomic mass is 16.5. The summed E-state index contributed by atoms with van der Waals surface area (Å²) in [5.74, 6) is 1.24. The first kappa shape index (κ1) is 18.5. The lowest BCUT2D eigenvalue weighted by Crippen LogP contribution is -2.38. The molecule has 3 rings (SSSR count). The van der Waals surface area contributed by atoms with Crippen LogP contribution in [0.4, 0.5) is 0 Å². The highest BCUT2D eigenvalue weighted by molar-refractivity contribution is 5.80. The zero-order valence-electron chi connectivity index (χ0n) is 15.9. The van der Waals surface area contributed by atoms with E-state index in [2.05, 4.69) is 49.5 Å². The molecular weight excluding hydrogens is 324 g/mol. The molecule has 1 aliphatic rings. The first-order valence-corrected chi connectivity index (χ1v) is 9.39. The molecule has 0 spiro atoms. The van der Waals surface area contributed by atoms with Gasteiger partial charge in [0.05, 0.1) is 19.1 Å². The van der Waals surface area contributed by atoms with Crippen molar-refractivity contribution in [3.63, 3.8) is 0 Å². The molecule has 1 fully saturated rings. The van der Waals surface area contributed by atoms with Crippen LogP contribution in [0.1, 0.15) is 31.9 Å². The van der Waals surface area contributed by atoms with E-state index in [-0.39, 0.29) is 17.9 Å². The zero-order chi connectivity index (χ0) is 18.5. The predicted molar refractivity (Wildman–Crippen MR) is 105 cm³/mol. The predicted octanol–water partition coefficient (Wildman–Crippen LogP) is 3.88. The quantitative estimate of drug-likeness (QED) is 0.858. The maximum absolute atomic E-state index is 12.8. The van der Waals surface area contributed by atoms with Gasteiger partial charge in [0.2, 0.25) is 5.91 Å². The Bertz CT molecular complexity index is 736. The van der Waals surface area contributed by atoms with Crippen LogP contribution < -0.4 is 10.1 Å². The first-order valence-electron chi connectivity index (χ1n) is 9.39. The van der Waals surface area contributed by atoms with Crippen LogP contribution in [0.15, 0.2) is 48.5 Å². The van der Waals surface area contributed by atoms with Crippen LogP contribution in [0.2, 0.25) is 0 Å². The van der Waals surface area contributed by atoms with E-state index in [4.69, 9.17) is 4.74 Å². The van der Waals surface area contributed by atoms with Gasteiger partial charge in [0.15, 0.2) is 0 Å². The van der Waals surface area contributed by atoms with E-state index in [0.717, 1.165) is 48.5 Å². The standard InChI is InChI=1S/C22H28N2O2/c1-4-24(22(25)20-12-13-23-15-20)16(2)17-8-10-18(11-9-17)19-6-5-7-21(14-19)26-3/h5-11,14,16,20,23H,4,12-13,15H2,1-3H3. The number of carbonyl (C=O) groups excluding carboxylic acids is 1. The van der Waals surface area contributed by atoms with Gasteiger partial charge in [0, 0.05) is 13.1 Å². The van der Waals surface area contributed by atoms with Crippen LogP contribution in [0.5, 0.6) is 5.75 Å². The van der Waals surface area contributed by atoms with E-state index < -0.39 is 0 Å². The van der Waals surface area contributed by atoms with E-state index in [1.807, 2.05) is 23.1 Å². The number of methoxy groups -OCH3 is 1. The zero-order valence-corrected chi connectivity index (χ0v) is 15.9. The van der Waals surface area contributed by atoms with Crippen LogP contribution >= 0.6 is 0 Å². The largest absolute Gasteiger partial charge is 0.497 e. The molecule has 0 aromatic heterocycles.